The molecule has 0 unspecified atom stereocenters. The van der Waals surface area contributed by atoms with Gasteiger partial charge in [0.15, 0.2) is 0 Å². The quantitative estimate of drug-likeness (QED) is 0.359. The Bertz CT molecular complexity index is 1460. The number of ether oxygens (including phenoxy) is 1. The Hall–Kier alpha value is -3.27. The molecule has 0 aliphatic carbocycles. The summed E-state index contributed by atoms with van der Waals surface area (Å²) in [5, 5.41) is 3.19. The minimum absolute atomic E-state index is 0.00627. The number of rotatable bonds is 10. The molecule has 39 heavy (non-hydrogen) atoms. The van der Waals surface area contributed by atoms with Gasteiger partial charge >= 0.3 is 0 Å². The van der Waals surface area contributed by atoms with Gasteiger partial charge in [0.1, 0.15) is 18.3 Å². The average molecular weight is 593 g/mol. The highest BCUT2D eigenvalue weighted by molar-refractivity contribution is 7.92. The lowest BCUT2D eigenvalue weighted by molar-refractivity contribution is -0.139. The van der Waals surface area contributed by atoms with Crippen LogP contribution < -0.4 is 14.4 Å². The molecule has 0 spiro atoms. The fourth-order valence-corrected chi connectivity index (χ4v) is 5.71. The minimum atomic E-state index is -4.22. The van der Waals surface area contributed by atoms with Crippen LogP contribution in [-0.4, -0.2) is 51.9 Å². The van der Waals surface area contributed by atoms with Crippen molar-refractivity contribution in [3.05, 3.63) is 87.4 Å². The lowest BCUT2D eigenvalue weighted by Gasteiger charge is -2.32. The second-order valence-corrected chi connectivity index (χ2v) is 11.7. The van der Waals surface area contributed by atoms with Gasteiger partial charge in [0.25, 0.3) is 10.0 Å². The van der Waals surface area contributed by atoms with Crippen LogP contribution in [-0.2, 0) is 26.2 Å². The third kappa shape index (κ3) is 7.03. The molecule has 0 saturated carbocycles. The van der Waals surface area contributed by atoms with E-state index in [0.717, 1.165) is 15.4 Å². The van der Waals surface area contributed by atoms with E-state index in [1.807, 2.05) is 13.8 Å². The summed E-state index contributed by atoms with van der Waals surface area (Å²) in [6, 6.07) is 15.4. The van der Waals surface area contributed by atoms with Crippen molar-refractivity contribution in [3.63, 3.8) is 0 Å². The number of aryl methyl sites for hydroxylation is 2. The second kappa shape index (κ2) is 12.7. The van der Waals surface area contributed by atoms with Crippen LogP contribution in [0.4, 0.5) is 5.69 Å². The van der Waals surface area contributed by atoms with Gasteiger partial charge in [-0.05, 0) is 68.3 Å². The van der Waals surface area contributed by atoms with E-state index < -0.39 is 34.4 Å². The number of amides is 2. The van der Waals surface area contributed by atoms with E-state index in [4.69, 9.17) is 27.9 Å². The van der Waals surface area contributed by atoms with Crippen LogP contribution in [0.25, 0.3) is 0 Å². The number of likely N-dealkylation sites (N-methyl/N-ethyl adjacent to an activating group) is 1. The summed E-state index contributed by atoms with van der Waals surface area (Å²) in [6.07, 6.45) is 0. The van der Waals surface area contributed by atoms with Crippen LogP contribution in [0.15, 0.2) is 65.6 Å². The summed E-state index contributed by atoms with van der Waals surface area (Å²) >= 11 is 12.2. The number of carbonyl (C=O) groups is 2. The molecule has 3 aromatic rings. The van der Waals surface area contributed by atoms with Crippen molar-refractivity contribution >= 4 is 50.7 Å². The third-order valence-corrected chi connectivity index (χ3v) is 8.75. The Morgan fingerprint density at radius 3 is 2.18 bits per heavy atom. The number of anilines is 1. The Morgan fingerprint density at radius 1 is 0.949 bits per heavy atom. The number of carbonyl (C=O) groups excluding carboxylic acids is 2. The number of hydrogen-bond acceptors (Lipinski definition) is 5. The summed E-state index contributed by atoms with van der Waals surface area (Å²) in [5.74, 6) is -0.736. The molecule has 208 valence electrons. The van der Waals surface area contributed by atoms with Crippen molar-refractivity contribution in [3.8, 4) is 5.75 Å². The zero-order chi connectivity index (χ0) is 28.9. The topological polar surface area (TPSA) is 96.0 Å². The first-order chi connectivity index (χ1) is 18.4. The first-order valence-electron chi connectivity index (χ1n) is 12.1. The number of benzene rings is 3. The summed E-state index contributed by atoms with van der Waals surface area (Å²) in [7, 11) is -1.33. The fourth-order valence-electron chi connectivity index (χ4n) is 3.97. The number of methoxy groups -OCH3 is 1. The smallest absolute Gasteiger partial charge is 0.264 e. The first-order valence-corrected chi connectivity index (χ1v) is 14.3. The lowest BCUT2D eigenvalue weighted by atomic mass is 10.1. The van der Waals surface area contributed by atoms with Crippen LogP contribution in [0.5, 0.6) is 5.75 Å². The van der Waals surface area contributed by atoms with Crippen molar-refractivity contribution in [2.75, 3.05) is 25.0 Å². The summed E-state index contributed by atoms with van der Waals surface area (Å²) in [6.45, 7) is 4.64. The van der Waals surface area contributed by atoms with E-state index in [9.17, 15) is 18.0 Å². The molecule has 3 aromatic carbocycles. The Morgan fingerprint density at radius 2 is 1.59 bits per heavy atom. The zero-order valence-corrected chi connectivity index (χ0v) is 24.7. The molecule has 8 nitrogen and oxygen atoms in total. The maximum atomic E-state index is 14.0. The van der Waals surface area contributed by atoms with Gasteiger partial charge < -0.3 is 15.0 Å². The normalized spacial score (nSPS) is 12.0. The summed E-state index contributed by atoms with van der Waals surface area (Å²) in [4.78, 5) is 27.8. The van der Waals surface area contributed by atoms with Gasteiger partial charge in [-0.1, -0.05) is 53.0 Å². The molecule has 0 aliphatic rings. The molecule has 1 atom stereocenters. The molecule has 0 radical (unpaired) electrons. The van der Waals surface area contributed by atoms with Crippen LogP contribution in [0.2, 0.25) is 10.0 Å². The van der Waals surface area contributed by atoms with E-state index in [0.29, 0.717) is 15.6 Å². The van der Waals surface area contributed by atoms with Crippen molar-refractivity contribution in [1.29, 1.82) is 0 Å². The van der Waals surface area contributed by atoms with Crippen LogP contribution in [0.1, 0.15) is 23.6 Å². The molecule has 2 amide bonds. The first kappa shape index (κ1) is 30.3. The van der Waals surface area contributed by atoms with E-state index in [2.05, 4.69) is 5.32 Å². The minimum Gasteiger partial charge on any atom is -0.495 e. The van der Waals surface area contributed by atoms with E-state index in [-0.39, 0.29) is 22.9 Å². The molecule has 0 aliphatic heterocycles. The predicted octanol–water partition coefficient (Wildman–Crippen LogP) is 4.98. The number of hydrogen-bond donors (Lipinski definition) is 1. The number of nitrogens with zero attached hydrogens (tertiary/aromatic N) is 2. The standard InChI is InChI=1S/C28H31Cl2N3O5S/c1-18-6-10-22(11-7-18)39(36,37)33(25-14-19(2)8-13-26(25)38-5)17-27(34)32(20(3)28(35)31-4)16-21-9-12-23(29)24(30)15-21/h6-15,20H,16-17H2,1-5H3,(H,31,35)/t20-/m0/s1. The predicted molar refractivity (Wildman–Crippen MR) is 154 cm³/mol. The maximum absolute atomic E-state index is 14.0. The van der Waals surface area contributed by atoms with Crippen molar-refractivity contribution in [1.82, 2.24) is 10.2 Å². The van der Waals surface area contributed by atoms with Gasteiger partial charge in [0, 0.05) is 13.6 Å². The average Bonchev–Trinajstić information content (AvgIpc) is 2.91. The van der Waals surface area contributed by atoms with Crippen LogP contribution >= 0.6 is 23.2 Å². The molecule has 0 saturated heterocycles. The molecule has 0 heterocycles. The van der Waals surface area contributed by atoms with Gasteiger partial charge in [-0.2, -0.15) is 0 Å². The van der Waals surface area contributed by atoms with Crippen LogP contribution in [0.3, 0.4) is 0 Å². The van der Waals surface area contributed by atoms with Crippen molar-refractivity contribution in [2.45, 2.75) is 38.3 Å². The highest BCUT2D eigenvalue weighted by Gasteiger charge is 2.33. The molecular weight excluding hydrogens is 561 g/mol. The van der Waals surface area contributed by atoms with Gasteiger partial charge in [0.2, 0.25) is 11.8 Å². The largest absolute Gasteiger partial charge is 0.495 e. The van der Waals surface area contributed by atoms with Crippen LogP contribution in [0, 0.1) is 13.8 Å². The Balaban J connectivity index is 2.11. The van der Waals surface area contributed by atoms with E-state index in [1.54, 1.807) is 55.5 Å². The van der Waals surface area contributed by atoms with Gasteiger partial charge in [-0.3, -0.25) is 13.9 Å². The molecule has 0 fully saturated rings. The third-order valence-electron chi connectivity index (χ3n) is 6.24. The highest BCUT2D eigenvalue weighted by atomic mass is 35.5. The highest BCUT2D eigenvalue weighted by Crippen LogP contribution is 2.34. The summed E-state index contributed by atoms with van der Waals surface area (Å²) in [5.41, 5.74) is 2.48. The Kier molecular flexibility index (Phi) is 9.88. The van der Waals surface area contributed by atoms with Gasteiger partial charge in [0.05, 0.1) is 27.7 Å². The SMILES string of the molecule is CNC(=O)[C@H](C)N(Cc1ccc(Cl)c(Cl)c1)C(=O)CN(c1cc(C)ccc1OC)S(=O)(=O)c1ccc(C)cc1. The van der Waals surface area contributed by atoms with Crippen molar-refractivity contribution < 1.29 is 22.7 Å². The van der Waals surface area contributed by atoms with E-state index in [1.165, 1.54) is 31.2 Å². The molecule has 3 rings (SSSR count). The van der Waals surface area contributed by atoms with E-state index >= 15 is 0 Å². The molecule has 0 bridgehead atoms. The molecule has 1 N–H and O–H groups in total. The number of nitrogens with one attached hydrogen (secondary N) is 1. The van der Waals surface area contributed by atoms with Gasteiger partial charge in [-0.15, -0.1) is 0 Å². The molecule has 0 aromatic heterocycles. The fraction of sp³-hybridized carbons (Fsp3) is 0.286. The molecular formula is C28H31Cl2N3O5S. The lowest BCUT2D eigenvalue weighted by Crippen LogP contribution is -2.50. The Labute approximate surface area is 239 Å². The molecule has 11 heteroatoms. The maximum Gasteiger partial charge on any atom is 0.264 e. The number of halogens is 2. The number of sulfonamides is 1. The van der Waals surface area contributed by atoms with Crippen molar-refractivity contribution in [2.24, 2.45) is 0 Å². The monoisotopic (exact) mass is 591 g/mol. The summed E-state index contributed by atoms with van der Waals surface area (Å²) < 4.78 is 34.4. The zero-order valence-electron chi connectivity index (χ0n) is 22.4. The van der Waals surface area contributed by atoms with Gasteiger partial charge in [-0.25, -0.2) is 8.42 Å². The second-order valence-electron chi connectivity index (χ2n) is 9.06.